The molecule has 0 saturated carbocycles. The van der Waals surface area contributed by atoms with Crippen molar-refractivity contribution in [3.05, 3.63) is 0 Å². The first-order valence-corrected chi connectivity index (χ1v) is 10.1. The Morgan fingerprint density at radius 2 is 1.08 bits per heavy atom. The molecular formula is C22H42O4. The van der Waals surface area contributed by atoms with Crippen LogP contribution in [0.5, 0.6) is 0 Å². The van der Waals surface area contributed by atoms with Crippen molar-refractivity contribution in [2.75, 3.05) is 26.4 Å². The highest BCUT2D eigenvalue weighted by atomic mass is 16.7. The summed E-state index contributed by atoms with van der Waals surface area (Å²) in [6.07, 6.45) is 3.91. The third-order valence-corrected chi connectivity index (χ3v) is 6.53. The van der Waals surface area contributed by atoms with Gasteiger partial charge in [-0.05, 0) is 41.9 Å². The molecule has 4 aliphatic rings. The number of ether oxygens (including phenoxy) is 4. The second kappa shape index (κ2) is 8.46. The Kier molecular flexibility index (Phi) is 7.21. The normalized spacial score (nSPS) is 39.5. The topological polar surface area (TPSA) is 36.9 Å². The molecule has 0 bridgehead atoms. The zero-order chi connectivity index (χ0) is 18.2. The molecule has 4 rings (SSSR count). The first-order chi connectivity index (χ1) is 11.7. The fourth-order valence-electron chi connectivity index (χ4n) is 4.91. The molecule has 4 nitrogen and oxygen atoms in total. The molecule has 0 aliphatic carbocycles. The van der Waals surface area contributed by atoms with Crippen LogP contribution in [0.15, 0.2) is 0 Å². The summed E-state index contributed by atoms with van der Waals surface area (Å²) in [6.45, 7) is 17.3. The lowest BCUT2D eigenvalue weighted by molar-refractivity contribution is -0.152. The largest absolute Gasteiger partial charge is 0.352 e. The minimum Gasteiger partial charge on any atom is -0.352 e. The lowest BCUT2D eigenvalue weighted by Crippen LogP contribution is -2.33. The second-order valence-corrected chi connectivity index (χ2v) is 10.3. The Morgan fingerprint density at radius 1 is 0.615 bits per heavy atom. The minimum absolute atomic E-state index is 0. The van der Waals surface area contributed by atoms with Crippen molar-refractivity contribution in [1.82, 2.24) is 0 Å². The number of fused-ring (bicyclic) bond motifs is 2. The number of hydrogen-bond acceptors (Lipinski definition) is 4. The molecule has 4 fully saturated rings. The van der Waals surface area contributed by atoms with Gasteiger partial charge in [-0.3, -0.25) is 0 Å². The summed E-state index contributed by atoms with van der Waals surface area (Å²) < 4.78 is 22.4. The first-order valence-electron chi connectivity index (χ1n) is 10.1. The summed E-state index contributed by atoms with van der Waals surface area (Å²) in [5.41, 5.74) is 0.729. The van der Waals surface area contributed by atoms with E-state index >= 15 is 0 Å². The quantitative estimate of drug-likeness (QED) is 0.594. The van der Waals surface area contributed by atoms with Crippen LogP contribution in [0.1, 0.15) is 68.2 Å². The monoisotopic (exact) mass is 370 g/mol. The molecule has 6 atom stereocenters. The second-order valence-electron chi connectivity index (χ2n) is 10.3. The molecule has 0 aromatic heterocycles. The van der Waals surface area contributed by atoms with Gasteiger partial charge in [0.2, 0.25) is 0 Å². The zero-order valence-corrected chi connectivity index (χ0v) is 17.0. The summed E-state index contributed by atoms with van der Waals surface area (Å²) >= 11 is 0. The van der Waals surface area contributed by atoms with Crippen LogP contribution in [0.3, 0.4) is 0 Å². The van der Waals surface area contributed by atoms with E-state index in [4.69, 9.17) is 18.9 Å². The molecule has 0 radical (unpaired) electrons. The van der Waals surface area contributed by atoms with E-state index in [-0.39, 0.29) is 20.0 Å². The van der Waals surface area contributed by atoms with E-state index in [0.717, 1.165) is 26.4 Å². The van der Waals surface area contributed by atoms with E-state index in [1.165, 1.54) is 19.3 Å². The van der Waals surface area contributed by atoms with E-state index in [2.05, 4.69) is 41.5 Å². The van der Waals surface area contributed by atoms with Crippen LogP contribution >= 0.6 is 0 Å². The van der Waals surface area contributed by atoms with Gasteiger partial charge in [0.05, 0.1) is 19.8 Å². The number of hydrogen-bond donors (Lipinski definition) is 0. The Hall–Kier alpha value is -0.160. The molecular weight excluding hydrogens is 328 g/mol. The fraction of sp³-hybridized carbons (Fsp3) is 1.00. The maximum atomic E-state index is 5.67. The van der Waals surface area contributed by atoms with Gasteiger partial charge in [0.25, 0.3) is 0 Å². The maximum absolute atomic E-state index is 5.67. The fourth-order valence-corrected chi connectivity index (χ4v) is 4.91. The van der Waals surface area contributed by atoms with Crippen molar-refractivity contribution < 1.29 is 18.9 Å². The Bertz CT molecular complexity index is 436. The van der Waals surface area contributed by atoms with Gasteiger partial charge < -0.3 is 18.9 Å². The van der Waals surface area contributed by atoms with Crippen LogP contribution in [0.4, 0.5) is 0 Å². The SMILES string of the molecule is C.CC(C)(C)C1COC2OCCC21.CC(C)(C)C1COC2OCCCC21. The standard InChI is InChI=1S/C11H20O2.C10H18O2.CH4/c1-11(2,3)9-7-13-10-8(9)5-4-6-12-10;1-10(2,3)8-6-12-9-7(8)4-5-11-9;/h8-10H,4-7H2,1-3H3;7-9H,4-6H2,1-3H3;1H4. The van der Waals surface area contributed by atoms with Crippen LogP contribution < -0.4 is 0 Å². The molecule has 0 spiro atoms. The summed E-state index contributed by atoms with van der Waals surface area (Å²) in [5, 5.41) is 0. The average Bonchev–Trinajstić information content (AvgIpc) is 3.20. The zero-order valence-electron chi connectivity index (χ0n) is 17.0. The van der Waals surface area contributed by atoms with E-state index in [1.807, 2.05) is 0 Å². The van der Waals surface area contributed by atoms with E-state index in [9.17, 15) is 0 Å². The molecule has 0 aromatic rings. The first kappa shape index (κ1) is 22.1. The van der Waals surface area contributed by atoms with Gasteiger partial charge in [0.1, 0.15) is 0 Å². The van der Waals surface area contributed by atoms with Gasteiger partial charge in [-0.15, -0.1) is 0 Å². The molecule has 26 heavy (non-hydrogen) atoms. The average molecular weight is 371 g/mol. The Balaban J connectivity index is 0.000000180. The van der Waals surface area contributed by atoms with Crippen LogP contribution in [-0.2, 0) is 18.9 Å². The Labute approximate surface area is 161 Å². The van der Waals surface area contributed by atoms with Crippen molar-refractivity contribution in [1.29, 1.82) is 0 Å². The van der Waals surface area contributed by atoms with Crippen molar-refractivity contribution >= 4 is 0 Å². The molecule has 4 aliphatic heterocycles. The number of rotatable bonds is 0. The highest BCUT2D eigenvalue weighted by Gasteiger charge is 2.46. The Morgan fingerprint density at radius 3 is 1.58 bits per heavy atom. The molecule has 0 amide bonds. The van der Waals surface area contributed by atoms with Crippen molar-refractivity contribution in [3.8, 4) is 0 Å². The lowest BCUT2D eigenvalue weighted by atomic mass is 9.73. The molecule has 4 saturated heterocycles. The van der Waals surface area contributed by atoms with E-state index < -0.39 is 0 Å². The summed E-state index contributed by atoms with van der Waals surface area (Å²) in [7, 11) is 0. The molecule has 6 unspecified atom stereocenters. The predicted molar refractivity (Wildman–Crippen MR) is 105 cm³/mol. The highest BCUT2D eigenvalue weighted by Crippen LogP contribution is 2.45. The highest BCUT2D eigenvalue weighted by molar-refractivity contribution is 4.89. The van der Waals surface area contributed by atoms with Crippen LogP contribution in [-0.4, -0.2) is 39.0 Å². The molecule has 4 heteroatoms. The molecule has 4 heterocycles. The van der Waals surface area contributed by atoms with Gasteiger partial charge in [0, 0.05) is 18.4 Å². The van der Waals surface area contributed by atoms with Crippen LogP contribution in [0, 0.1) is 34.5 Å². The third-order valence-electron chi connectivity index (χ3n) is 6.53. The van der Waals surface area contributed by atoms with Crippen molar-refractivity contribution in [2.45, 2.75) is 80.8 Å². The molecule has 154 valence electrons. The molecule has 0 N–H and O–H groups in total. The third kappa shape index (κ3) is 4.81. The summed E-state index contributed by atoms with van der Waals surface area (Å²) in [5.74, 6) is 2.67. The van der Waals surface area contributed by atoms with Crippen LogP contribution in [0.25, 0.3) is 0 Å². The summed E-state index contributed by atoms with van der Waals surface area (Å²) in [4.78, 5) is 0. The maximum Gasteiger partial charge on any atom is 0.160 e. The van der Waals surface area contributed by atoms with Gasteiger partial charge in [0.15, 0.2) is 12.6 Å². The summed E-state index contributed by atoms with van der Waals surface area (Å²) in [6, 6.07) is 0. The van der Waals surface area contributed by atoms with E-state index in [1.54, 1.807) is 0 Å². The minimum atomic E-state index is 0. The molecule has 0 aromatic carbocycles. The van der Waals surface area contributed by atoms with Gasteiger partial charge in [-0.1, -0.05) is 49.0 Å². The smallest absolute Gasteiger partial charge is 0.160 e. The van der Waals surface area contributed by atoms with E-state index in [0.29, 0.717) is 34.5 Å². The van der Waals surface area contributed by atoms with Gasteiger partial charge >= 0.3 is 0 Å². The van der Waals surface area contributed by atoms with Gasteiger partial charge in [-0.25, -0.2) is 0 Å². The van der Waals surface area contributed by atoms with Crippen molar-refractivity contribution in [3.63, 3.8) is 0 Å². The van der Waals surface area contributed by atoms with Gasteiger partial charge in [-0.2, -0.15) is 0 Å². The lowest BCUT2D eigenvalue weighted by Gasteiger charge is -2.34. The predicted octanol–water partition coefficient (Wildman–Crippen LogP) is 5.11. The van der Waals surface area contributed by atoms with Crippen molar-refractivity contribution in [2.24, 2.45) is 34.5 Å². The van der Waals surface area contributed by atoms with Crippen LogP contribution in [0.2, 0.25) is 0 Å².